The van der Waals surface area contributed by atoms with Crippen molar-refractivity contribution in [2.75, 3.05) is 13.2 Å². The van der Waals surface area contributed by atoms with E-state index in [0.717, 1.165) is 0 Å². The van der Waals surface area contributed by atoms with Gasteiger partial charge in [-0.2, -0.15) is 0 Å². The van der Waals surface area contributed by atoms with Crippen LogP contribution in [0.3, 0.4) is 0 Å². The Morgan fingerprint density at radius 1 is 1.05 bits per heavy atom. The first-order valence-corrected chi connectivity index (χ1v) is 13.1. The van der Waals surface area contributed by atoms with Crippen LogP contribution in [0.2, 0.25) is 0 Å². The van der Waals surface area contributed by atoms with Crippen molar-refractivity contribution >= 4 is 23.9 Å². The molecular formula is C28H45N3O7. The molecule has 0 heterocycles. The average molecular weight is 536 g/mol. The molecule has 214 valence electrons. The zero-order valence-corrected chi connectivity index (χ0v) is 24.2. The molecule has 0 aliphatic rings. The molecule has 0 fully saturated rings. The molecule has 3 amide bonds. The summed E-state index contributed by atoms with van der Waals surface area (Å²) in [6.45, 7) is 16.2. The van der Waals surface area contributed by atoms with E-state index in [-0.39, 0.29) is 31.2 Å². The molecule has 0 aromatic heterocycles. The summed E-state index contributed by atoms with van der Waals surface area (Å²) < 4.78 is 10.3. The lowest BCUT2D eigenvalue weighted by Gasteiger charge is -2.45. The summed E-state index contributed by atoms with van der Waals surface area (Å²) in [5.74, 6) is -1.87. The highest BCUT2D eigenvalue weighted by atomic mass is 16.6. The lowest BCUT2D eigenvalue weighted by Crippen LogP contribution is -2.60. The Hall–Kier alpha value is -3.30. The number of esters is 1. The molecule has 10 nitrogen and oxygen atoms in total. The van der Waals surface area contributed by atoms with Crippen molar-refractivity contribution in [2.24, 2.45) is 5.92 Å². The second kappa shape index (κ2) is 14.0. The summed E-state index contributed by atoms with van der Waals surface area (Å²) in [6, 6.07) is 3.97. The van der Waals surface area contributed by atoms with Crippen LogP contribution in [0.5, 0.6) is 5.75 Å². The molecule has 3 N–H and O–H groups in total. The van der Waals surface area contributed by atoms with Crippen LogP contribution in [0.15, 0.2) is 24.3 Å². The van der Waals surface area contributed by atoms with Gasteiger partial charge < -0.3 is 30.1 Å². The van der Waals surface area contributed by atoms with Gasteiger partial charge in [-0.25, -0.2) is 4.79 Å². The van der Waals surface area contributed by atoms with Gasteiger partial charge in [0.1, 0.15) is 23.4 Å². The average Bonchev–Trinajstić information content (AvgIpc) is 2.79. The minimum Gasteiger partial charge on any atom is -0.508 e. The van der Waals surface area contributed by atoms with Gasteiger partial charge in [-0.1, -0.05) is 32.9 Å². The Morgan fingerprint density at radius 3 is 2.18 bits per heavy atom. The number of carbonyl (C=O) groups excluding carboxylic acids is 4. The molecular weight excluding hydrogens is 490 g/mol. The van der Waals surface area contributed by atoms with Crippen LogP contribution >= 0.6 is 0 Å². The van der Waals surface area contributed by atoms with Crippen molar-refractivity contribution in [2.45, 2.75) is 98.4 Å². The van der Waals surface area contributed by atoms with E-state index < -0.39 is 47.1 Å². The van der Waals surface area contributed by atoms with Gasteiger partial charge >= 0.3 is 12.1 Å². The number of rotatable bonds is 12. The minimum absolute atomic E-state index is 0.00529. The highest BCUT2D eigenvalue weighted by Crippen LogP contribution is 2.34. The third-order valence-corrected chi connectivity index (χ3v) is 5.99. The highest BCUT2D eigenvalue weighted by Gasteiger charge is 2.44. The van der Waals surface area contributed by atoms with Crippen molar-refractivity contribution in [3.8, 4) is 5.75 Å². The number of phenolic OH excluding ortho intramolecular Hbond substituents is 1. The van der Waals surface area contributed by atoms with Gasteiger partial charge in [-0.3, -0.25) is 14.4 Å². The Kier molecular flexibility index (Phi) is 12.1. The van der Waals surface area contributed by atoms with Crippen LogP contribution in [-0.2, 0) is 23.9 Å². The summed E-state index contributed by atoms with van der Waals surface area (Å²) >= 11 is 0. The third-order valence-electron chi connectivity index (χ3n) is 5.99. The van der Waals surface area contributed by atoms with Crippen molar-refractivity contribution < 1.29 is 33.8 Å². The lowest BCUT2D eigenvalue weighted by atomic mass is 9.90. The van der Waals surface area contributed by atoms with Crippen LogP contribution in [0.4, 0.5) is 4.79 Å². The summed E-state index contributed by atoms with van der Waals surface area (Å²) in [4.78, 5) is 53.7. The number of hydrogen-bond acceptors (Lipinski definition) is 7. The van der Waals surface area contributed by atoms with E-state index in [0.29, 0.717) is 12.0 Å². The van der Waals surface area contributed by atoms with E-state index in [4.69, 9.17) is 9.47 Å². The first-order valence-electron chi connectivity index (χ1n) is 13.1. The van der Waals surface area contributed by atoms with Crippen LogP contribution in [0.25, 0.3) is 0 Å². The maximum atomic E-state index is 14.2. The van der Waals surface area contributed by atoms with Gasteiger partial charge in [-0.05, 0) is 71.6 Å². The minimum atomic E-state index is -1.16. The van der Waals surface area contributed by atoms with Gasteiger partial charge in [-0.15, -0.1) is 0 Å². The van der Waals surface area contributed by atoms with E-state index >= 15 is 0 Å². The Labute approximate surface area is 226 Å². The molecule has 0 aliphatic carbocycles. The second-order valence-electron chi connectivity index (χ2n) is 11.1. The number of aromatic hydroxyl groups is 1. The number of nitrogens with zero attached hydrogens (tertiary/aromatic N) is 1. The van der Waals surface area contributed by atoms with Gasteiger partial charge in [0.05, 0.1) is 13.0 Å². The number of carbonyl (C=O) groups is 4. The zero-order chi connectivity index (χ0) is 29.3. The second-order valence-corrected chi connectivity index (χ2v) is 11.1. The maximum Gasteiger partial charge on any atom is 0.408 e. The quantitative estimate of drug-likeness (QED) is 0.344. The zero-order valence-electron chi connectivity index (χ0n) is 24.2. The normalized spacial score (nSPS) is 13.3. The topological polar surface area (TPSA) is 134 Å². The Bertz CT molecular complexity index is 969. The monoisotopic (exact) mass is 535 g/mol. The first-order chi connectivity index (χ1) is 17.5. The van der Waals surface area contributed by atoms with Gasteiger partial charge in [0.25, 0.3) is 0 Å². The number of benzene rings is 1. The van der Waals surface area contributed by atoms with Crippen LogP contribution < -0.4 is 10.6 Å². The molecule has 10 heteroatoms. The molecule has 0 aliphatic heterocycles. The molecule has 0 saturated carbocycles. The number of alkyl carbamates (subject to hydrolysis) is 1. The van der Waals surface area contributed by atoms with Crippen molar-refractivity contribution in [1.82, 2.24) is 15.5 Å². The lowest BCUT2D eigenvalue weighted by molar-refractivity contribution is -0.150. The number of hydrogen-bond donors (Lipinski definition) is 3. The van der Waals surface area contributed by atoms with E-state index in [1.807, 2.05) is 20.8 Å². The molecule has 0 radical (unpaired) electrons. The SMILES string of the molecule is CCOC(=O)CCNC(=O)C(c1cccc(O)c1)N(C(=O)C(NC(=O)OC(C)(C)C)C(C)C)C(C)(C)CC. The number of nitrogens with one attached hydrogen (secondary N) is 2. The molecule has 38 heavy (non-hydrogen) atoms. The third kappa shape index (κ3) is 9.87. The van der Waals surface area contributed by atoms with E-state index in [2.05, 4.69) is 10.6 Å². The molecule has 0 spiro atoms. The maximum absolute atomic E-state index is 14.2. The largest absolute Gasteiger partial charge is 0.508 e. The number of phenols is 1. The molecule has 0 bridgehead atoms. The van der Waals surface area contributed by atoms with Crippen LogP contribution in [0.1, 0.15) is 86.8 Å². The molecule has 2 unspecified atom stereocenters. The first kappa shape index (κ1) is 32.7. The Morgan fingerprint density at radius 2 is 1.68 bits per heavy atom. The van der Waals surface area contributed by atoms with Gasteiger partial charge in [0.15, 0.2) is 0 Å². The van der Waals surface area contributed by atoms with Crippen LogP contribution in [-0.4, -0.2) is 64.2 Å². The van der Waals surface area contributed by atoms with E-state index in [1.165, 1.54) is 17.0 Å². The van der Waals surface area contributed by atoms with E-state index in [1.54, 1.807) is 53.7 Å². The predicted octanol–water partition coefficient (Wildman–Crippen LogP) is 4.07. The van der Waals surface area contributed by atoms with Crippen molar-refractivity contribution in [1.29, 1.82) is 0 Å². The molecule has 1 aromatic carbocycles. The standard InChI is InChI=1S/C28H45N3O7/c1-10-28(8,9)31(25(35)22(18(3)4)30-26(36)38-27(5,6)7)23(19-13-12-14-20(32)17-19)24(34)29-16-15-21(33)37-11-2/h12-14,17-18,22-23,32H,10-11,15-16H2,1-9H3,(H,29,34)(H,30,36). The van der Waals surface area contributed by atoms with Crippen molar-refractivity contribution in [3.63, 3.8) is 0 Å². The molecule has 1 rings (SSSR count). The predicted molar refractivity (Wildman–Crippen MR) is 144 cm³/mol. The fourth-order valence-electron chi connectivity index (χ4n) is 3.77. The number of amides is 3. The van der Waals surface area contributed by atoms with Gasteiger partial charge in [0, 0.05) is 12.1 Å². The van der Waals surface area contributed by atoms with Crippen molar-refractivity contribution in [3.05, 3.63) is 29.8 Å². The van der Waals surface area contributed by atoms with E-state index in [9.17, 15) is 24.3 Å². The summed E-state index contributed by atoms with van der Waals surface area (Å²) in [7, 11) is 0. The molecule has 0 saturated heterocycles. The molecule has 2 atom stereocenters. The fraction of sp³-hybridized carbons (Fsp3) is 0.643. The highest BCUT2D eigenvalue weighted by molar-refractivity contribution is 5.93. The summed E-state index contributed by atoms with van der Waals surface area (Å²) in [6.07, 6.45) is -0.292. The smallest absolute Gasteiger partial charge is 0.408 e. The summed E-state index contributed by atoms with van der Waals surface area (Å²) in [5.41, 5.74) is -1.22. The molecule has 1 aromatic rings. The Balaban J connectivity index is 3.53. The fourth-order valence-corrected chi connectivity index (χ4v) is 3.77. The summed E-state index contributed by atoms with van der Waals surface area (Å²) in [5, 5.41) is 15.6. The number of ether oxygens (including phenoxy) is 2. The van der Waals surface area contributed by atoms with Crippen LogP contribution in [0, 0.1) is 5.92 Å². The van der Waals surface area contributed by atoms with Gasteiger partial charge in [0.2, 0.25) is 11.8 Å².